The zero-order valence-corrected chi connectivity index (χ0v) is 30.3. The first-order valence-corrected chi connectivity index (χ1v) is 18.5. The maximum Gasteiger partial charge on any atom is 0.260 e. The minimum absolute atomic E-state index is 0.0327. The van der Waals surface area contributed by atoms with Gasteiger partial charge in [-0.05, 0) is 105 Å². The molecule has 48 heavy (non-hydrogen) atoms. The summed E-state index contributed by atoms with van der Waals surface area (Å²) in [5.41, 5.74) is 11.5. The van der Waals surface area contributed by atoms with Gasteiger partial charge in [-0.1, -0.05) is 104 Å². The van der Waals surface area contributed by atoms with Crippen LogP contribution in [0.4, 0.5) is 11.4 Å². The Balaban J connectivity index is 1.26. The SMILES string of the molecule is CC1C=C2C(=CC1)Sc1ccccc1N2c1ccc2c(c1)Oc1cc(C(C)(C)C)cc3c1B2c1cc2c(cc1O3)C(C)(C)CCC2(C)C. The Bertz CT molecular complexity index is 2120. The molecule has 0 aromatic heterocycles. The molecule has 0 saturated carbocycles. The molecule has 0 N–H and O–H groups in total. The van der Waals surface area contributed by atoms with Gasteiger partial charge in [-0.15, -0.1) is 0 Å². The average Bonchev–Trinajstić information content (AvgIpc) is 3.04. The first-order chi connectivity index (χ1) is 22.8. The Morgan fingerprint density at radius 1 is 0.792 bits per heavy atom. The highest BCUT2D eigenvalue weighted by atomic mass is 32.2. The van der Waals surface area contributed by atoms with Crippen molar-refractivity contribution in [2.75, 3.05) is 4.90 Å². The smallest absolute Gasteiger partial charge is 0.260 e. The van der Waals surface area contributed by atoms with E-state index >= 15 is 0 Å². The monoisotopic (exact) mass is 649 g/mol. The quantitative estimate of drug-likeness (QED) is 0.165. The molecule has 2 aliphatic carbocycles. The summed E-state index contributed by atoms with van der Waals surface area (Å²) in [4.78, 5) is 5.07. The van der Waals surface area contributed by atoms with Crippen molar-refractivity contribution in [1.29, 1.82) is 0 Å². The number of hydrogen-bond acceptors (Lipinski definition) is 4. The van der Waals surface area contributed by atoms with Crippen molar-refractivity contribution >= 4 is 46.2 Å². The van der Waals surface area contributed by atoms with Gasteiger partial charge in [0.25, 0.3) is 6.71 Å². The van der Waals surface area contributed by atoms with Crippen molar-refractivity contribution in [2.45, 2.75) is 95.8 Å². The van der Waals surface area contributed by atoms with Gasteiger partial charge in [0.2, 0.25) is 0 Å². The van der Waals surface area contributed by atoms with Crippen LogP contribution in [-0.4, -0.2) is 6.71 Å². The van der Waals surface area contributed by atoms with E-state index in [9.17, 15) is 0 Å². The van der Waals surface area contributed by atoms with Crippen LogP contribution in [0.1, 0.15) is 91.3 Å². The van der Waals surface area contributed by atoms with Gasteiger partial charge in [0.15, 0.2) is 0 Å². The fraction of sp³-hybridized carbons (Fsp3) is 0.349. The summed E-state index contributed by atoms with van der Waals surface area (Å²) in [6.07, 6.45) is 8.28. The molecule has 9 rings (SSSR count). The van der Waals surface area contributed by atoms with Crippen LogP contribution in [0.15, 0.2) is 94.4 Å². The van der Waals surface area contributed by atoms with E-state index in [0.717, 1.165) is 40.6 Å². The largest absolute Gasteiger partial charge is 0.458 e. The molecule has 0 fully saturated rings. The normalized spacial score (nSPS) is 20.8. The summed E-state index contributed by atoms with van der Waals surface area (Å²) >= 11 is 1.89. The number of fused-ring (bicyclic) bond motifs is 7. The van der Waals surface area contributed by atoms with Crippen LogP contribution >= 0.6 is 11.8 Å². The fourth-order valence-electron chi connectivity index (χ4n) is 8.47. The average molecular weight is 650 g/mol. The summed E-state index contributed by atoms with van der Waals surface area (Å²) in [7, 11) is 0. The molecule has 0 bridgehead atoms. The Kier molecular flexibility index (Phi) is 6.37. The molecule has 0 amide bonds. The highest BCUT2D eigenvalue weighted by molar-refractivity contribution is 8.03. The maximum atomic E-state index is 6.99. The van der Waals surface area contributed by atoms with E-state index in [1.54, 1.807) is 0 Å². The van der Waals surface area contributed by atoms with Crippen LogP contribution in [0, 0.1) is 5.92 Å². The second-order valence-corrected chi connectivity index (χ2v) is 18.0. The van der Waals surface area contributed by atoms with Crippen LogP contribution in [0.2, 0.25) is 0 Å². The van der Waals surface area contributed by atoms with Gasteiger partial charge in [-0.25, -0.2) is 0 Å². The predicted molar refractivity (Wildman–Crippen MR) is 203 cm³/mol. The number of hydrogen-bond donors (Lipinski definition) is 0. The van der Waals surface area contributed by atoms with Gasteiger partial charge in [0.1, 0.15) is 23.0 Å². The Hall–Kier alpha value is -3.83. The van der Waals surface area contributed by atoms with Crippen LogP contribution < -0.4 is 30.8 Å². The molecule has 0 radical (unpaired) electrons. The lowest BCUT2D eigenvalue weighted by atomic mass is 9.34. The number of para-hydroxylation sites is 1. The minimum Gasteiger partial charge on any atom is -0.458 e. The molecule has 5 aliphatic rings. The van der Waals surface area contributed by atoms with E-state index < -0.39 is 0 Å². The predicted octanol–water partition coefficient (Wildman–Crippen LogP) is 10.1. The molecule has 4 aromatic rings. The van der Waals surface area contributed by atoms with Crippen LogP contribution in [0.3, 0.4) is 0 Å². The number of ether oxygens (including phenoxy) is 2. The maximum absolute atomic E-state index is 6.99. The molecule has 0 spiro atoms. The Labute approximate surface area is 290 Å². The van der Waals surface area contributed by atoms with E-state index in [2.05, 4.69) is 139 Å². The van der Waals surface area contributed by atoms with Crippen molar-refractivity contribution in [2.24, 2.45) is 5.92 Å². The molecule has 3 heterocycles. The van der Waals surface area contributed by atoms with E-state index in [0.29, 0.717) is 5.92 Å². The molecule has 242 valence electrons. The van der Waals surface area contributed by atoms with E-state index in [1.165, 1.54) is 61.6 Å². The first kappa shape index (κ1) is 30.2. The van der Waals surface area contributed by atoms with Crippen molar-refractivity contribution in [1.82, 2.24) is 0 Å². The van der Waals surface area contributed by atoms with E-state index in [-0.39, 0.29) is 23.0 Å². The standard InChI is InChI=1S/C43H44BNO2S/c1-25-13-16-39-33(19-25)45(32-11-9-10-12-38(32)48-39)27-14-15-30-34(22-27)46-36-20-26(41(2,3)4)21-37-40(36)44(30)31-23-28-29(24-35(31)47-37)43(7,8)18-17-42(28,5)6/h9-12,14-16,19-25H,13,17-18H2,1-8H3. The second kappa shape index (κ2) is 10.1. The van der Waals surface area contributed by atoms with Crippen molar-refractivity contribution < 1.29 is 9.47 Å². The fourth-order valence-corrected chi connectivity index (χ4v) is 9.56. The highest BCUT2D eigenvalue weighted by Crippen LogP contribution is 2.52. The summed E-state index contributed by atoms with van der Waals surface area (Å²) in [5, 5.41) is 0. The molecule has 1 unspecified atom stereocenters. The lowest BCUT2D eigenvalue weighted by Gasteiger charge is -2.43. The molecule has 1 atom stereocenters. The van der Waals surface area contributed by atoms with E-state index in [4.69, 9.17) is 9.47 Å². The number of thioether (sulfide) groups is 1. The lowest BCUT2D eigenvalue weighted by molar-refractivity contribution is 0.330. The zero-order chi connectivity index (χ0) is 33.3. The van der Waals surface area contributed by atoms with Crippen molar-refractivity contribution in [3.63, 3.8) is 0 Å². The highest BCUT2D eigenvalue weighted by Gasteiger charge is 2.45. The number of anilines is 2. The van der Waals surface area contributed by atoms with Gasteiger partial charge in [0.05, 0.1) is 11.4 Å². The lowest BCUT2D eigenvalue weighted by Crippen LogP contribution is -2.58. The second-order valence-electron chi connectivity index (χ2n) is 16.9. The summed E-state index contributed by atoms with van der Waals surface area (Å²) < 4.78 is 13.9. The van der Waals surface area contributed by atoms with Crippen LogP contribution in [0.25, 0.3) is 0 Å². The molecule has 4 aromatic carbocycles. The molecule has 5 heteroatoms. The summed E-state index contributed by atoms with van der Waals surface area (Å²) in [6, 6.07) is 25.1. The first-order valence-electron chi connectivity index (χ1n) is 17.6. The third kappa shape index (κ3) is 4.49. The molecular weight excluding hydrogens is 605 g/mol. The van der Waals surface area contributed by atoms with E-state index in [1.807, 2.05) is 11.8 Å². The third-order valence-electron chi connectivity index (χ3n) is 11.5. The molecule has 0 saturated heterocycles. The van der Waals surface area contributed by atoms with Crippen LogP contribution in [-0.2, 0) is 16.2 Å². The molecule has 3 nitrogen and oxygen atoms in total. The molecular formula is C43H44BNO2S. The summed E-state index contributed by atoms with van der Waals surface area (Å²) in [6.45, 7) is 18.8. The van der Waals surface area contributed by atoms with Gasteiger partial charge in [-0.3, -0.25) is 0 Å². The summed E-state index contributed by atoms with van der Waals surface area (Å²) in [5.74, 6) is 4.25. The zero-order valence-electron chi connectivity index (χ0n) is 29.5. The van der Waals surface area contributed by atoms with Crippen LogP contribution in [0.5, 0.6) is 23.0 Å². The van der Waals surface area contributed by atoms with Gasteiger partial charge in [0, 0.05) is 27.0 Å². The number of nitrogens with zero attached hydrogens (tertiary/aromatic N) is 1. The van der Waals surface area contributed by atoms with Crippen molar-refractivity contribution in [3.05, 3.63) is 106 Å². The topological polar surface area (TPSA) is 21.7 Å². The third-order valence-corrected chi connectivity index (χ3v) is 12.7. The minimum atomic E-state index is -0.0555. The number of allylic oxidation sites excluding steroid dienone is 2. The number of benzene rings is 4. The van der Waals surface area contributed by atoms with Gasteiger partial charge < -0.3 is 14.4 Å². The molecule has 3 aliphatic heterocycles. The van der Waals surface area contributed by atoms with Gasteiger partial charge >= 0.3 is 0 Å². The Morgan fingerprint density at radius 3 is 2.17 bits per heavy atom. The number of rotatable bonds is 1. The Morgan fingerprint density at radius 2 is 1.46 bits per heavy atom. The van der Waals surface area contributed by atoms with Crippen molar-refractivity contribution in [3.8, 4) is 23.0 Å². The van der Waals surface area contributed by atoms with Gasteiger partial charge in [-0.2, -0.15) is 0 Å².